The first-order chi connectivity index (χ1) is 10.0. The van der Waals surface area contributed by atoms with Crippen LogP contribution in [0.5, 0.6) is 0 Å². The molecule has 0 aliphatic heterocycles. The highest BCUT2D eigenvalue weighted by molar-refractivity contribution is 5.47. The maximum absolute atomic E-state index is 9.26. The molecule has 0 saturated heterocycles. The first-order valence-corrected chi connectivity index (χ1v) is 7.10. The SMILES string of the molecule is CC(O)Nc1ccc(Cc2ccc(NC(C)O)cc2)cc1. The Bertz CT molecular complexity index is 497. The van der Waals surface area contributed by atoms with E-state index >= 15 is 0 Å². The molecule has 2 aromatic rings. The Morgan fingerprint density at radius 1 is 0.714 bits per heavy atom. The lowest BCUT2D eigenvalue weighted by Gasteiger charge is -2.11. The van der Waals surface area contributed by atoms with E-state index in [4.69, 9.17) is 0 Å². The molecular formula is C17H22N2O2. The smallest absolute Gasteiger partial charge is 0.121 e. The van der Waals surface area contributed by atoms with E-state index in [9.17, 15) is 10.2 Å². The molecule has 4 heteroatoms. The predicted octanol–water partition coefficient (Wildman–Crippen LogP) is 2.78. The third kappa shape index (κ3) is 5.10. The Hall–Kier alpha value is -2.04. The zero-order chi connectivity index (χ0) is 15.2. The van der Waals surface area contributed by atoms with Crippen molar-refractivity contribution in [1.82, 2.24) is 0 Å². The van der Waals surface area contributed by atoms with Gasteiger partial charge in [-0.2, -0.15) is 0 Å². The number of aliphatic hydroxyl groups excluding tert-OH is 2. The normalized spacial score (nSPS) is 13.5. The zero-order valence-corrected chi connectivity index (χ0v) is 12.4. The molecule has 2 aromatic carbocycles. The van der Waals surface area contributed by atoms with Crippen molar-refractivity contribution < 1.29 is 10.2 Å². The van der Waals surface area contributed by atoms with Crippen LogP contribution in [0.2, 0.25) is 0 Å². The van der Waals surface area contributed by atoms with Gasteiger partial charge in [0.2, 0.25) is 0 Å². The minimum atomic E-state index is -0.551. The Labute approximate surface area is 125 Å². The number of aliphatic hydroxyl groups is 2. The van der Waals surface area contributed by atoms with Crippen molar-refractivity contribution in [2.75, 3.05) is 10.6 Å². The summed E-state index contributed by atoms with van der Waals surface area (Å²) in [5.41, 5.74) is 4.24. The molecule has 112 valence electrons. The van der Waals surface area contributed by atoms with Gasteiger partial charge in [-0.3, -0.25) is 0 Å². The summed E-state index contributed by atoms with van der Waals surface area (Å²) in [6, 6.07) is 16.0. The van der Waals surface area contributed by atoms with Crippen molar-refractivity contribution in [2.24, 2.45) is 0 Å². The van der Waals surface area contributed by atoms with E-state index in [-0.39, 0.29) is 0 Å². The molecule has 0 saturated carbocycles. The first kappa shape index (κ1) is 15.4. The van der Waals surface area contributed by atoms with Crippen molar-refractivity contribution in [2.45, 2.75) is 32.7 Å². The molecule has 0 bridgehead atoms. The average molecular weight is 286 g/mol. The molecule has 4 N–H and O–H groups in total. The molecule has 0 aliphatic carbocycles. The molecule has 0 radical (unpaired) electrons. The maximum Gasteiger partial charge on any atom is 0.121 e. The van der Waals surface area contributed by atoms with E-state index in [1.54, 1.807) is 13.8 Å². The summed E-state index contributed by atoms with van der Waals surface area (Å²) >= 11 is 0. The number of anilines is 2. The highest BCUT2D eigenvalue weighted by Gasteiger charge is 2.00. The van der Waals surface area contributed by atoms with Gasteiger partial charge >= 0.3 is 0 Å². The molecule has 2 atom stereocenters. The topological polar surface area (TPSA) is 64.5 Å². The molecule has 21 heavy (non-hydrogen) atoms. The number of nitrogens with one attached hydrogen (secondary N) is 2. The number of hydrogen-bond acceptors (Lipinski definition) is 4. The largest absolute Gasteiger partial charge is 0.374 e. The predicted molar refractivity (Wildman–Crippen MR) is 86.3 cm³/mol. The molecule has 0 spiro atoms. The average Bonchev–Trinajstić information content (AvgIpc) is 2.42. The van der Waals surface area contributed by atoms with E-state index in [1.165, 1.54) is 11.1 Å². The van der Waals surface area contributed by atoms with Gasteiger partial charge in [0.15, 0.2) is 0 Å². The third-order valence-corrected chi connectivity index (χ3v) is 3.07. The molecule has 0 aliphatic rings. The summed E-state index contributed by atoms with van der Waals surface area (Å²) in [6.45, 7) is 3.38. The quantitative estimate of drug-likeness (QED) is 0.617. The second-order valence-corrected chi connectivity index (χ2v) is 5.21. The van der Waals surface area contributed by atoms with Crippen molar-refractivity contribution in [3.8, 4) is 0 Å². The van der Waals surface area contributed by atoms with Gasteiger partial charge in [0.25, 0.3) is 0 Å². The van der Waals surface area contributed by atoms with Crippen molar-refractivity contribution in [3.63, 3.8) is 0 Å². The minimum absolute atomic E-state index is 0.551. The van der Waals surface area contributed by atoms with Crippen LogP contribution in [0.1, 0.15) is 25.0 Å². The van der Waals surface area contributed by atoms with Crippen LogP contribution in [0.4, 0.5) is 11.4 Å². The first-order valence-electron chi connectivity index (χ1n) is 7.10. The van der Waals surface area contributed by atoms with E-state index in [1.807, 2.05) is 48.5 Å². The highest BCUT2D eigenvalue weighted by Crippen LogP contribution is 2.16. The van der Waals surface area contributed by atoms with Gasteiger partial charge in [0.1, 0.15) is 12.5 Å². The summed E-state index contributed by atoms with van der Waals surface area (Å²) < 4.78 is 0. The van der Waals surface area contributed by atoms with E-state index < -0.39 is 12.5 Å². The van der Waals surface area contributed by atoms with E-state index in [0.29, 0.717) is 0 Å². The Morgan fingerprint density at radius 2 is 1.05 bits per heavy atom. The summed E-state index contributed by atoms with van der Waals surface area (Å²) in [5, 5.41) is 24.4. The van der Waals surface area contributed by atoms with Crippen LogP contribution >= 0.6 is 0 Å². The lowest BCUT2D eigenvalue weighted by atomic mass is 10.0. The molecule has 0 heterocycles. The summed E-state index contributed by atoms with van der Waals surface area (Å²) in [6.07, 6.45) is -0.251. The fraction of sp³-hybridized carbons (Fsp3) is 0.294. The van der Waals surface area contributed by atoms with Crippen LogP contribution < -0.4 is 10.6 Å². The van der Waals surface area contributed by atoms with Gasteiger partial charge in [-0.15, -0.1) is 0 Å². The molecule has 0 amide bonds. The van der Waals surface area contributed by atoms with Gasteiger partial charge in [0, 0.05) is 11.4 Å². The molecule has 2 rings (SSSR count). The lowest BCUT2D eigenvalue weighted by molar-refractivity contribution is 0.224. The van der Waals surface area contributed by atoms with Crippen LogP contribution in [-0.2, 0) is 6.42 Å². The fourth-order valence-electron chi connectivity index (χ4n) is 2.16. The summed E-state index contributed by atoms with van der Waals surface area (Å²) in [7, 11) is 0. The second kappa shape index (κ2) is 7.11. The molecule has 4 nitrogen and oxygen atoms in total. The van der Waals surface area contributed by atoms with Crippen LogP contribution in [0.25, 0.3) is 0 Å². The van der Waals surface area contributed by atoms with E-state index in [0.717, 1.165) is 17.8 Å². The summed E-state index contributed by atoms with van der Waals surface area (Å²) in [4.78, 5) is 0. The Balaban J connectivity index is 1.97. The second-order valence-electron chi connectivity index (χ2n) is 5.21. The van der Waals surface area contributed by atoms with Crippen LogP contribution in [0, 0.1) is 0 Å². The molecular weight excluding hydrogens is 264 g/mol. The third-order valence-electron chi connectivity index (χ3n) is 3.07. The number of rotatable bonds is 6. The van der Waals surface area contributed by atoms with Crippen LogP contribution in [0.3, 0.4) is 0 Å². The number of benzene rings is 2. The minimum Gasteiger partial charge on any atom is -0.374 e. The highest BCUT2D eigenvalue weighted by atomic mass is 16.3. The maximum atomic E-state index is 9.26. The van der Waals surface area contributed by atoms with Gasteiger partial charge in [-0.05, 0) is 55.7 Å². The van der Waals surface area contributed by atoms with Gasteiger partial charge in [-0.25, -0.2) is 0 Å². The fourth-order valence-corrected chi connectivity index (χ4v) is 2.16. The van der Waals surface area contributed by atoms with Gasteiger partial charge in [-0.1, -0.05) is 24.3 Å². The Morgan fingerprint density at radius 3 is 1.33 bits per heavy atom. The van der Waals surface area contributed by atoms with E-state index in [2.05, 4.69) is 10.6 Å². The van der Waals surface area contributed by atoms with Crippen molar-refractivity contribution >= 4 is 11.4 Å². The molecule has 2 unspecified atom stereocenters. The number of hydrogen-bond donors (Lipinski definition) is 4. The standard InChI is InChI=1S/C17H22N2O2/c1-12(20)18-16-7-3-14(4-8-16)11-15-5-9-17(10-6-15)19-13(2)21/h3-10,12-13,18-21H,11H2,1-2H3. The van der Waals surface area contributed by atoms with Gasteiger partial charge in [0.05, 0.1) is 0 Å². The molecule has 0 aromatic heterocycles. The van der Waals surface area contributed by atoms with Crippen molar-refractivity contribution in [1.29, 1.82) is 0 Å². The van der Waals surface area contributed by atoms with Crippen LogP contribution in [0.15, 0.2) is 48.5 Å². The zero-order valence-electron chi connectivity index (χ0n) is 12.4. The van der Waals surface area contributed by atoms with Gasteiger partial charge < -0.3 is 20.8 Å². The lowest BCUT2D eigenvalue weighted by Crippen LogP contribution is -2.13. The Kier molecular flexibility index (Phi) is 5.20. The monoisotopic (exact) mass is 286 g/mol. The van der Waals surface area contributed by atoms with Crippen molar-refractivity contribution in [3.05, 3.63) is 59.7 Å². The summed E-state index contributed by atoms with van der Waals surface area (Å²) in [5.74, 6) is 0. The molecule has 0 fully saturated rings. The van der Waals surface area contributed by atoms with Crippen LogP contribution in [-0.4, -0.2) is 22.7 Å².